The van der Waals surface area contributed by atoms with Crippen LogP contribution in [0.3, 0.4) is 0 Å². The topological polar surface area (TPSA) is 33.1 Å². The molecule has 0 amide bonds. The van der Waals surface area contributed by atoms with E-state index in [0.29, 0.717) is 5.56 Å². The lowest BCUT2D eigenvalue weighted by molar-refractivity contribution is 0.465. The molecule has 0 bridgehead atoms. The third kappa shape index (κ3) is 1.16. The highest BCUT2D eigenvalue weighted by atomic mass is 19.1. The monoisotopic (exact) mass is 127 g/mol. The van der Waals surface area contributed by atoms with Crippen molar-refractivity contribution in [3.63, 3.8) is 0 Å². The molecule has 1 N–H and O–H groups in total. The van der Waals surface area contributed by atoms with Crippen molar-refractivity contribution in [1.82, 2.24) is 4.98 Å². The van der Waals surface area contributed by atoms with Crippen LogP contribution in [0.2, 0.25) is 0 Å². The van der Waals surface area contributed by atoms with Crippen molar-refractivity contribution < 1.29 is 9.50 Å². The van der Waals surface area contributed by atoms with Gasteiger partial charge in [-0.15, -0.1) is 0 Å². The third-order valence-electron chi connectivity index (χ3n) is 1.000. The van der Waals surface area contributed by atoms with Gasteiger partial charge in [0.05, 0.1) is 6.20 Å². The summed E-state index contributed by atoms with van der Waals surface area (Å²) in [5.41, 5.74) is 0.356. The maximum Gasteiger partial charge on any atom is 0.215 e. The van der Waals surface area contributed by atoms with Crippen LogP contribution in [0.15, 0.2) is 12.3 Å². The molecule has 0 spiro atoms. The van der Waals surface area contributed by atoms with Crippen molar-refractivity contribution in [2.75, 3.05) is 0 Å². The molecule has 0 atom stereocenters. The summed E-state index contributed by atoms with van der Waals surface area (Å²) in [6.07, 6.45) is 1.07. The van der Waals surface area contributed by atoms with E-state index < -0.39 is 5.95 Å². The normalized spacial score (nSPS) is 9.56. The first-order valence-electron chi connectivity index (χ1n) is 2.51. The Morgan fingerprint density at radius 3 is 2.78 bits per heavy atom. The van der Waals surface area contributed by atoms with Crippen LogP contribution in [0.5, 0.6) is 5.75 Å². The molecule has 0 unspecified atom stereocenters. The molecule has 1 heterocycles. The smallest absolute Gasteiger partial charge is 0.215 e. The second-order valence-corrected chi connectivity index (χ2v) is 1.80. The number of hydrogen-bond donors (Lipinski definition) is 1. The number of aromatic nitrogens is 1. The predicted molar refractivity (Wildman–Crippen MR) is 30.6 cm³/mol. The summed E-state index contributed by atoms with van der Waals surface area (Å²) in [4.78, 5) is 3.26. The van der Waals surface area contributed by atoms with E-state index in [1.165, 1.54) is 6.07 Å². The van der Waals surface area contributed by atoms with Crippen LogP contribution < -0.4 is 0 Å². The van der Waals surface area contributed by atoms with E-state index >= 15 is 0 Å². The fourth-order valence-electron chi connectivity index (χ4n) is 0.543. The van der Waals surface area contributed by atoms with Crippen LogP contribution in [-0.2, 0) is 0 Å². The fourth-order valence-corrected chi connectivity index (χ4v) is 0.543. The van der Waals surface area contributed by atoms with Gasteiger partial charge in [0, 0.05) is 5.56 Å². The Balaban J connectivity index is 3.17. The predicted octanol–water partition coefficient (Wildman–Crippen LogP) is 1.23. The van der Waals surface area contributed by atoms with Crippen molar-refractivity contribution in [2.45, 2.75) is 6.92 Å². The van der Waals surface area contributed by atoms with Gasteiger partial charge < -0.3 is 5.11 Å². The van der Waals surface area contributed by atoms with Gasteiger partial charge in [-0.1, -0.05) is 0 Å². The third-order valence-corrected chi connectivity index (χ3v) is 1.000. The Hall–Kier alpha value is -1.12. The van der Waals surface area contributed by atoms with E-state index in [1.807, 2.05) is 0 Å². The van der Waals surface area contributed by atoms with Gasteiger partial charge in [0.2, 0.25) is 5.95 Å². The highest BCUT2D eigenvalue weighted by Crippen LogP contribution is 2.09. The molecule has 0 aromatic carbocycles. The number of aromatic hydroxyl groups is 1. The molecule has 0 saturated heterocycles. The highest BCUT2D eigenvalue weighted by Gasteiger charge is 1.96. The van der Waals surface area contributed by atoms with Gasteiger partial charge in [0.1, 0.15) is 5.75 Å². The van der Waals surface area contributed by atoms with E-state index in [4.69, 9.17) is 5.11 Å². The van der Waals surface area contributed by atoms with E-state index in [9.17, 15) is 4.39 Å². The zero-order chi connectivity index (χ0) is 6.85. The Morgan fingerprint density at radius 1 is 1.67 bits per heavy atom. The summed E-state index contributed by atoms with van der Waals surface area (Å²) in [5, 5.41) is 8.71. The van der Waals surface area contributed by atoms with Crippen LogP contribution >= 0.6 is 0 Å². The van der Waals surface area contributed by atoms with Crippen LogP contribution in [0.1, 0.15) is 5.56 Å². The molecule has 0 radical (unpaired) electrons. The average molecular weight is 127 g/mol. The maximum atomic E-state index is 12.3. The van der Waals surface area contributed by atoms with E-state index in [2.05, 4.69) is 4.98 Å². The zero-order valence-electron chi connectivity index (χ0n) is 4.93. The molecule has 0 aliphatic heterocycles. The van der Waals surface area contributed by atoms with E-state index in [0.717, 1.165) is 6.20 Å². The number of aryl methyl sites for hydroxylation is 1. The molecular weight excluding hydrogens is 121 g/mol. The molecule has 0 aliphatic carbocycles. The van der Waals surface area contributed by atoms with E-state index in [-0.39, 0.29) is 5.75 Å². The number of rotatable bonds is 0. The first-order valence-corrected chi connectivity index (χ1v) is 2.51. The lowest BCUT2D eigenvalue weighted by Gasteiger charge is -1.93. The quantitative estimate of drug-likeness (QED) is 0.532. The summed E-state index contributed by atoms with van der Waals surface area (Å²) in [6.45, 7) is 1.54. The Labute approximate surface area is 52.0 Å². The Kier molecular flexibility index (Phi) is 1.34. The van der Waals surface area contributed by atoms with Crippen molar-refractivity contribution >= 4 is 0 Å². The summed E-state index contributed by atoms with van der Waals surface area (Å²) in [6, 6.07) is 1.32. The van der Waals surface area contributed by atoms with Crippen LogP contribution in [0.25, 0.3) is 0 Å². The molecule has 2 nitrogen and oxygen atoms in total. The second-order valence-electron chi connectivity index (χ2n) is 1.80. The van der Waals surface area contributed by atoms with Gasteiger partial charge in [-0.05, 0) is 13.0 Å². The van der Waals surface area contributed by atoms with Crippen molar-refractivity contribution in [3.05, 3.63) is 23.8 Å². The van der Waals surface area contributed by atoms with Crippen LogP contribution in [-0.4, -0.2) is 10.1 Å². The highest BCUT2D eigenvalue weighted by molar-refractivity contribution is 5.21. The zero-order valence-corrected chi connectivity index (χ0v) is 4.93. The SMILES string of the molecule is Cc1cc(O)cnc1F. The minimum Gasteiger partial charge on any atom is -0.506 e. The molecule has 1 rings (SSSR count). The fraction of sp³-hybridized carbons (Fsp3) is 0.167. The Morgan fingerprint density at radius 2 is 2.33 bits per heavy atom. The Bertz CT molecular complexity index is 224. The molecule has 0 fully saturated rings. The van der Waals surface area contributed by atoms with Gasteiger partial charge >= 0.3 is 0 Å². The number of nitrogens with zero attached hydrogens (tertiary/aromatic N) is 1. The molecule has 1 aromatic heterocycles. The summed E-state index contributed by atoms with van der Waals surface area (Å²) in [5.74, 6) is -0.540. The minimum absolute atomic E-state index is 0.00565. The summed E-state index contributed by atoms with van der Waals surface area (Å²) < 4.78 is 12.3. The lowest BCUT2D eigenvalue weighted by Crippen LogP contribution is -1.84. The van der Waals surface area contributed by atoms with Gasteiger partial charge in [0.15, 0.2) is 0 Å². The summed E-state index contributed by atoms with van der Waals surface area (Å²) >= 11 is 0. The minimum atomic E-state index is -0.534. The van der Waals surface area contributed by atoms with Gasteiger partial charge in [0.25, 0.3) is 0 Å². The first kappa shape index (κ1) is 6.01. The van der Waals surface area contributed by atoms with Gasteiger partial charge in [-0.2, -0.15) is 4.39 Å². The molecule has 9 heavy (non-hydrogen) atoms. The van der Waals surface area contributed by atoms with Crippen LogP contribution in [0.4, 0.5) is 4.39 Å². The average Bonchev–Trinajstić information content (AvgIpc) is 1.80. The number of pyridine rings is 1. The molecule has 0 saturated carbocycles. The molecule has 3 heteroatoms. The van der Waals surface area contributed by atoms with E-state index in [1.54, 1.807) is 6.92 Å². The van der Waals surface area contributed by atoms with Crippen molar-refractivity contribution in [1.29, 1.82) is 0 Å². The molecule has 0 aliphatic rings. The second kappa shape index (κ2) is 2.01. The number of halogens is 1. The maximum absolute atomic E-state index is 12.3. The van der Waals surface area contributed by atoms with Crippen LogP contribution in [0, 0.1) is 12.9 Å². The summed E-state index contributed by atoms with van der Waals surface area (Å²) in [7, 11) is 0. The van der Waals surface area contributed by atoms with Gasteiger partial charge in [-0.3, -0.25) is 0 Å². The molecule has 48 valence electrons. The molecular formula is C6H6FNO. The van der Waals surface area contributed by atoms with Gasteiger partial charge in [-0.25, -0.2) is 4.98 Å². The first-order chi connectivity index (χ1) is 4.20. The largest absolute Gasteiger partial charge is 0.506 e. The standard InChI is InChI=1S/C6H6FNO/c1-4-2-5(9)3-8-6(4)7/h2-3,9H,1H3. The lowest BCUT2D eigenvalue weighted by atomic mass is 10.3. The van der Waals surface area contributed by atoms with Crippen molar-refractivity contribution in [2.24, 2.45) is 0 Å². The molecule has 1 aromatic rings. The number of hydrogen-bond acceptors (Lipinski definition) is 2. The van der Waals surface area contributed by atoms with Crippen molar-refractivity contribution in [3.8, 4) is 5.75 Å².